The topological polar surface area (TPSA) is 136 Å². The Morgan fingerprint density at radius 3 is 1.11 bits per heavy atom. The minimum Gasteiger partial charge on any atom is -0.545 e. The van der Waals surface area contributed by atoms with E-state index in [1.54, 1.807) is 36.4 Å². The lowest BCUT2D eigenvalue weighted by atomic mass is 10.00. The molecule has 0 saturated heterocycles. The quantitative estimate of drug-likeness (QED) is 0.333. The zero-order chi connectivity index (χ0) is 27.6. The molecule has 0 aliphatic carbocycles. The van der Waals surface area contributed by atoms with Crippen molar-refractivity contribution in [3.63, 3.8) is 0 Å². The van der Waals surface area contributed by atoms with Gasteiger partial charge in [0.25, 0.3) is 0 Å². The van der Waals surface area contributed by atoms with Crippen LogP contribution >= 0.6 is 0 Å². The van der Waals surface area contributed by atoms with Crippen molar-refractivity contribution in [3.05, 3.63) is 120 Å². The van der Waals surface area contributed by atoms with Crippen LogP contribution in [0.3, 0.4) is 0 Å². The molecule has 0 atom stereocenters. The maximum atomic E-state index is 10.9. The van der Waals surface area contributed by atoms with Crippen LogP contribution in [0.2, 0.25) is 0 Å². The molecule has 4 aromatic rings. The van der Waals surface area contributed by atoms with Gasteiger partial charge in [0.1, 0.15) is 0 Å². The highest BCUT2D eigenvalue weighted by atomic mass is 16.4. The molecule has 0 aromatic heterocycles. The Bertz CT molecular complexity index is 1150. The lowest BCUT2D eigenvalue weighted by molar-refractivity contribution is -0.371. The zero-order valence-corrected chi connectivity index (χ0v) is 21.7. The van der Waals surface area contributed by atoms with Gasteiger partial charge in [0.15, 0.2) is 0 Å². The first-order valence-electron chi connectivity index (χ1n) is 12.8. The predicted molar refractivity (Wildman–Crippen MR) is 146 cm³/mol. The molecule has 198 valence electrons. The van der Waals surface area contributed by atoms with Crippen LogP contribution in [0.4, 0.5) is 0 Å². The smallest absolute Gasteiger partial charge is 0.0739 e. The molecule has 0 unspecified atom stereocenters. The van der Waals surface area contributed by atoms with Gasteiger partial charge in [-0.2, -0.15) is 0 Å². The van der Waals surface area contributed by atoms with Crippen LogP contribution in [0, 0.1) is 0 Å². The van der Waals surface area contributed by atoms with E-state index in [0.717, 1.165) is 24.2 Å². The highest BCUT2D eigenvalue weighted by molar-refractivity contribution is 5.95. The first-order chi connectivity index (χ1) is 18.5. The molecule has 4 aromatic carbocycles. The average molecular weight is 513 g/mol. The molecule has 6 heteroatoms. The largest absolute Gasteiger partial charge is 0.545 e. The highest BCUT2D eigenvalue weighted by Crippen LogP contribution is 2.23. The van der Waals surface area contributed by atoms with Crippen molar-refractivity contribution in [2.45, 2.75) is 25.7 Å². The molecular weight excluding hydrogens is 476 g/mol. The monoisotopic (exact) mass is 512 g/mol. The molecule has 6 nitrogen and oxygen atoms in total. The van der Waals surface area contributed by atoms with Crippen LogP contribution < -0.4 is 21.7 Å². The molecule has 4 rings (SSSR count). The number of rotatable bonds is 9. The summed E-state index contributed by atoms with van der Waals surface area (Å²) < 4.78 is 0. The maximum Gasteiger partial charge on any atom is 0.0739 e. The Labute approximate surface area is 224 Å². The van der Waals surface area contributed by atoms with E-state index < -0.39 is 11.9 Å². The summed E-state index contributed by atoms with van der Waals surface area (Å²) in [5.74, 6) is -2.29. The van der Waals surface area contributed by atoms with Crippen LogP contribution in [-0.4, -0.2) is 25.0 Å². The summed E-state index contributed by atoms with van der Waals surface area (Å²) in [6.07, 6.45) is 5.28. The third-order valence-corrected chi connectivity index (χ3v) is 5.71. The van der Waals surface area contributed by atoms with Crippen molar-refractivity contribution in [2.24, 2.45) is 0 Å². The van der Waals surface area contributed by atoms with Crippen molar-refractivity contribution in [1.29, 1.82) is 0 Å². The number of carbonyl (C=O) groups is 2. The Kier molecular flexibility index (Phi) is 13.6. The lowest BCUT2D eigenvalue weighted by Crippen LogP contribution is -2.50. The first kappa shape index (κ1) is 30.0. The number of hydrogen-bond acceptors (Lipinski definition) is 4. The van der Waals surface area contributed by atoms with Gasteiger partial charge in [-0.05, 0) is 47.9 Å². The molecule has 6 N–H and O–H groups in total. The van der Waals surface area contributed by atoms with E-state index in [0.29, 0.717) is 11.1 Å². The van der Waals surface area contributed by atoms with E-state index in [2.05, 4.69) is 11.5 Å². The number of quaternary nitrogens is 2. The van der Waals surface area contributed by atoms with E-state index in [4.69, 9.17) is 0 Å². The normalized spacial score (nSPS) is 9.84. The zero-order valence-electron chi connectivity index (χ0n) is 21.7. The van der Waals surface area contributed by atoms with Gasteiger partial charge < -0.3 is 31.3 Å². The number of carboxylic acid groups (broad SMARTS) is 2. The molecule has 0 fully saturated rings. The first-order valence-corrected chi connectivity index (χ1v) is 12.8. The van der Waals surface area contributed by atoms with Crippen molar-refractivity contribution in [1.82, 2.24) is 0 Å². The Balaban J connectivity index is 0.000000211. The summed E-state index contributed by atoms with van der Waals surface area (Å²) in [6, 6.07) is 32.5. The summed E-state index contributed by atoms with van der Waals surface area (Å²) in [6.45, 7) is 2.19. The van der Waals surface area contributed by atoms with Crippen LogP contribution in [0.5, 0.6) is 0 Å². The number of carbonyl (C=O) groups excluding carboxylic acids is 2. The molecular formula is C32H36N2O4. The van der Waals surface area contributed by atoms with E-state index in [9.17, 15) is 19.8 Å². The molecule has 0 aliphatic rings. The molecule has 0 bridgehead atoms. The van der Waals surface area contributed by atoms with Crippen LogP contribution in [0.15, 0.2) is 109 Å². The summed E-state index contributed by atoms with van der Waals surface area (Å²) >= 11 is 0. The Morgan fingerprint density at radius 1 is 0.474 bits per heavy atom. The van der Waals surface area contributed by atoms with Crippen molar-refractivity contribution in [2.75, 3.05) is 13.1 Å². The number of hydrogen-bond donors (Lipinski definition) is 2. The third-order valence-electron chi connectivity index (χ3n) is 5.71. The SMILES string of the molecule is O=C([O-])c1ccccc1-c1ccccc1.O=C([O-])c1ccccc1-c1ccccc1.[NH3+]CCCCCC[NH3+]. The van der Waals surface area contributed by atoms with Crippen molar-refractivity contribution in [3.8, 4) is 22.3 Å². The van der Waals surface area contributed by atoms with E-state index in [1.165, 1.54) is 25.7 Å². The van der Waals surface area contributed by atoms with Crippen molar-refractivity contribution >= 4 is 11.9 Å². The standard InChI is InChI=1S/2C13H10O2.C6H16N2/c2*14-13(15)12-9-5-4-8-11(12)10-6-2-1-3-7-10;7-5-3-1-2-4-6-8/h2*1-9H,(H,14,15);1-8H2. The minimum atomic E-state index is -1.14. The summed E-state index contributed by atoms with van der Waals surface area (Å²) in [5.41, 5.74) is 11.1. The van der Waals surface area contributed by atoms with Gasteiger partial charge in [0.05, 0.1) is 25.0 Å². The van der Waals surface area contributed by atoms with Gasteiger partial charge in [-0.1, -0.05) is 109 Å². The van der Waals surface area contributed by atoms with E-state index in [-0.39, 0.29) is 11.1 Å². The Morgan fingerprint density at radius 2 is 0.789 bits per heavy atom. The summed E-state index contributed by atoms with van der Waals surface area (Å²) in [4.78, 5) is 21.8. The van der Waals surface area contributed by atoms with E-state index >= 15 is 0 Å². The Hall–Kier alpha value is -4.26. The second-order valence-corrected chi connectivity index (χ2v) is 8.52. The number of carboxylic acids is 2. The van der Waals surface area contributed by atoms with Gasteiger partial charge >= 0.3 is 0 Å². The van der Waals surface area contributed by atoms with Gasteiger partial charge in [0, 0.05) is 11.1 Å². The van der Waals surface area contributed by atoms with Gasteiger partial charge in [-0.15, -0.1) is 0 Å². The number of unbranched alkanes of at least 4 members (excludes halogenated alkanes) is 3. The number of benzene rings is 4. The molecule has 0 amide bonds. The van der Waals surface area contributed by atoms with Gasteiger partial charge in [-0.3, -0.25) is 0 Å². The van der Waals surface area contributed by atoms with Crippen molar-refractivity contribution < 1.29 is 31.3 Å². The fourth-order valence-electron chi connectivity index (χ4n) is 3.77. The van der Waals surface area contributed by atoms with E-state index in [1.807, 2.05) is 72.8 Å². The second-order valence-electron chi connectivity index (χ2n) is 8.52. The molecule has 0 saturated carbocycles. The van der Waals surface area contributed by atoms with Crippen LogP contribution in [0.25, 0.3) is 22.3 Å². The maximum absolute atomic E-state index is 10.9. The lowest BCUT2D eigenvalue weighted by Gasteiger charge is -2.09. The molecule has 38 heavy (non-hydrogen) atoms. The minimum absolute atomic E-state index is 0.226. The van der Waals surface area contributed by atoms with Gasteiger partial charge in [-0.25, -0.2) is 0 Å². The second kappa shape index (κ2) is 17.2. The predicted octanol–water partition coefficient (Wildman–Crippen LogP) is 2.46. The molecule has 0 radical (unpaired) electrons. The summed E-state index contributed by atoms with van der Waals surface area (Å²) in [7, 11) is 0. The fraction of sp³-hybridized carbons (Fsp3) is 0.188. The molecule has 0 spiro atoms. The average Bonchev–Trinajstić information content (AvgIpc) is 2.97. The molecule has 0 aliphatic heterocycles. The molecule has 0 heterocycles. The summed E-state index contributed by atoms with van der Waals surface area (Å²) in [5, 5.41) is 21.8. The third kappa shape index (κ3) is 10.0. The van der Waals surface area contributed by atoms with Crippen LogP contribution in [-0.2, 0) is 0 Å². The van der Waals surface area contributed by atoms with Gasteiger partial charge in [0.2, 0.25) is 0 Å². The highest BCUT2D eigenvalue weighted by Gasteiger charge is 2.04. The van der Waals surface area contributed by atoms with Crippen LogP contribution in [0.1, 0.15) is 46.4 Å². The fourth-order valence-corrected chi connectivity index (χ4v) is 3.77. The number of aromatic carboxylic acids is 2.